The summed E-state index contributed by atoms with van der Waals surface area (Å²) in [5.74, 6) is -0.315. The fourth-order valence-electron chi connectivity index (χ4n) is 1.67. The molecular formula is C13H18N2O4. The number of nitrogens with one attached hydrogen (secondary N) is 1. The molecule has 0 aliphatic carbocycles. The number of nitrogens with zero attached hydrogens (tertiary/aromatic N) is 1. The van der Waals surface area contributed by atoms with E-state index in [0.29, 0.717) is 25.1 Å². The number of nitro benzene ring substituents is 1. The molecule has 0 saturated heterocycles. The first-order valence-corrected chi connectivity index (χ1v) is 6.18. The molecule has 1 rings (SSSR count). The molecule has 1 atom stereocenters. The molecule has 0 aliphatic heterocycles. The standard InChI is InChI=1S/C13H18N2O4/c1-3-19-13(16)10(2)14-9-8-11-6-4-5-7-12(11)15(17)18/h4-7,10,14H,3,8-9H2,1-2H3. The summed E-state index contributed by atoms with van der Waals surface area (Å²) in [5.41, 5.74) is 0.754. The molecule has 104 valence electrons. The van der Waals surface area contributed by atoms with Crippen LogP contribution in [0.3, 0.4) is 0 Å². The predicted molar refractivity (Wildman–Crippen MR) is 70.9 cm³/mol. The summed E-state index contributed by atoms with van der Waals surface area (Å²) >= 11 is 0. The van der Waals surface area contributed by atoms with E-state index < -0.39 is 11.0 Å². The van der Waals surface area contributed by atoms with Crippen molar-refractivity contribution in [3.63, 3.8) is 0 Å². The van der Waals surface area contributed by atoms with Crippen molar-refractivity contribution in [1.82, 2.24) is 5.32 Å². The topological polar surface area (TPSA) is 81.5 Å². The van der Waals surface area contributed by atoms with Gasteiger partial charge in [0.25, 0.3) is 5.69 Å². The van der Waals surface area contributed by atoms with E-state index in [1.807, 2.05) is 0 Å². The molecule has 0 aliphatic rings. The second-order valence-corrected chi connectivity index (χ2v) is 4.06. The minimum absolute atomic E-state index is 0.105. The van der Waals surface area contributed by atoms with Crippen LogP contribution < -0.4 is 5.32 Å². The molecule has 1 unspecified atom stereocenters. The minimum Gasteiger partial charge on any atom is -0.465 e. The third-order valence-electron chi connectivity index (χ3n) is 2.67. The van der Waals surface area contributed by atoms with Crippen LogP contribution in [0.4, 0.5) is 5.69 Å². The maximum atomic E-state index is 11.4. The molecule has 0 saturated carbocycles. The Kier molecular flexibility index (Phi) is 5.95. The van der Waals surface area contributed by atoms with Gasteiger partial charge in [0, 0.05) is 18.2 Å². The maximum absolute atomic E-state index is 11.4. The van der Waals surface area contributed by atoms with Crippen LogP contribution in [0, 0.1) is 10.1 Å². The smallest absolute Gasteiger partial charge is 0.322 e. The van der Waals surface area contributed by atoms with Gasteiger partial charge in [-0.15, -0.1) is 0 Å². The SMILES string of the molecule is CCOC(=O)C(C)NCCc1ccccc1[N+](=O)[O-]. The number of esters is 1. The van der Waals surface area contributed by atoms with Crippen molar-refractivity contribution in [3.05, 3.63) is 39.9 Å². The fourth-order valence-corrected chi connectivity index (χ4v) is 1.67. The van der Waals surface area contributed by atoms with E-state index in [9.17, 15) is 14.9 Å². The van der Waals surface area contributed by atoms with Crippen LogP contribution in [-0.4, -0.2) is 30.1 Å². The van der Waals surface area contributed by atoms with Crippen molar-refractivity contribution >= 4 is 11.7 Å². The van der Waals surface area contributed by atoms with Crippen LogP contribution in [0.5, 0.6) is 0 Å². The molecule has 6 heteroatoms. The van der Waals surface area contributed by atoms with Crippen molar-refractivity contribution in [3.8, 4) is 0 Å². The van der Waals surface area contributed by atoms with Gasteiger partial charge in [-0.3, -0.25) is 14.9 Å². The summed E-state index contributed by atoms with van der Waals surface area (Å²) in [4.78, 5) is 21.8. The molecule has 0 spiro atoms. The lowest BCUT2D eigenvalue weighted by Gasteiger charge is -2.12. The van der Waals surface area contributed by atoms with E-state index in [-0.39, 0.29) is 11.7 Å². The Morgan fingerprint density at radius 1 is 1.47 bits per heavy atom. The third kappa shape index (κ3) is 4.67. The highest BCUT2D eigenvalue weighted by Gasteiger charge is 2.15. The second-order valence-electron chi connectivity index (χ2n) is 4.06. The summed E-state index contributed by atoms with van der Waals surface area (Å²) in [6.45, 7) is 4.27. The lowest BCUT2D eigenvalue weighted by atomic mass is 10.1. The number of nitro groups is 1. The maximum Gasteiger partial charge on any atom is 0.322 e. The number of rotatable bonds is 7. The summed E-state index contributed by atoms with van der Waals surface area (Å²) in [7, 11) is 0. The van der Waals surface area contributed by atoms with E-state index in [1.165, 1.54) is 6.07 Å². The van der Waals surface area contributed by atoms with E-state index in [4.69, 9.17) is 4.74 Å². The predicted octanol–water partition coefficient (Wildman–Crippen LogP) is 1.68. The first kappa shape index (κ1) is 15.1. The molecule has 0 amide bonds. The number of para-hydroxylation sites is 1. The zero-order chi connectivity index (χ0) is 14.3. The van der Waals surface area contributed by atoms with Crippen molar-refractivity contribution in [2.75, 3.05) is 13.2 Å². The van der Waals surface area contributed by atoms with Gasteiger partial charge in [0.2, 0.25) is 0 Å². The van der Waals surface area contributed by atoms with Gasteiger partial charge in [0.1, 0.15) is 6.04 Å². The molecule has 0 heterocycles. The second kappa shape index (κ2) is 7.48. The summed E-state index contributed by atoms with van der Waals surface area (Å²) in [6, 6.07) is 6.18. The third-order valence-corrected chi connectivity index (χ3v) is 2.67. The van der Waals surface area contributed by atoms with Gasteiger partial charge in [-0.05, 0) is 20.3 Å². The molecular weight excluding hydrogens is 248 g/mol. The van der Waals surface area contributed by atoms with Crippen molar-refractivity contribution in [2.24, 2.45) is 0 Å². The van der Waals surface area contributed by atoms with Gasteiger partial charge < -0.3 is 10.1 Å². The zero-order valence-corrected chi connectivity index (χ0v) is 11.1. The van der Waals surface area contributed by atoms with Crippen LogP contribution >= 0.6 is 0 Å². The number of carbonyl (C=O) groups is 1. The normalized spacial score (nSPS) is 11.9. The van der Waals surface area contributed by atoms with E-state index in [2.05, 4.69) is 5.32 Å². The first-order valence-electron chi connectivity index (χ1n) is 6.18. The molecule has 0 fully saturated rings. The molecule has 1 N–H and O–H groups in total. The zero-order valence-electron chi connectivity index (χ0n) is 11.1. The van der Waals surface area contributed by atoms with Gasteiger partial charge in [-0.1, -0.05) is 18.2 Å². The molecule has 1 aromatic carbocycles. The first-order chi connectivity index (χ1) is 9.06. The fraction of sp³-hybridized carbons (Fsp3) is 0.462. The van der Waals surface area contributed by atoms with E-state index in [1.54, 1.807) is 32.0 Å². The van der Waals surface area contributed by atoms with Gasteiger partial charge in [0.05, 0.1) is 11.5 Å². The van der Waals surface area contributed by atoms with E-state index in [0.717, 1.165) is 0 Å². The molecule has 6 nitrogen and oxygen atoms in total. The van der Waals surface area contributed by atoms with Gasteiger partial charge in [-0.25, -0.2) is 0 Å². The Hall–Kier alpha value is -1.95. The number of benzene rings is 1. The molecule has 19 heavy (non-hydrogen) atoms. The Labute approximate surface area is 111 Å². The summed E-state index contributed by atoms with van der Waals surface area (Å²) in [5, 5.41) is 13.8. The highest BCUT2D eigenvalue weighted by atomic mass is 16.6. The highest BCUT2D eigenvalue weighted by molar-refractivity contribution is 5.75. The van der Waals surface area contributed by atoms with Gasteiger partial charge in [0.15, 0.2) is 0 Å². The lowest BCUT2D eigenvalue weighted by molar-refractivity contribution is -0.385. The van der Waals surface area contributed by atoms with Gasteiger partial charge in [-0.2, -0.15) is 0 Å². The molecule has 0 aromatic heterocycles. The van der Waals surface area contributed by atoms with Crippen LogP contribution in [0.2, 0.25) is 0 Å². The highest BCUT2D eigenvalue weighted by Crippen LogP contribution is 2.17. The van der Waals surface area contributed by atoms with Crippen molar-refractivity contribution < 1.29 is 14.5 Å². The van der Waals surface area contributed by atoms with Crippen LogP contribution in [0.25, 0.3) is 0 Å². The van der Waals surface area contributed by atoms with Crippen LogP contribution in [-0.2, 0) is 16.0 Å². The quantitative estimate of drug-likeness (QED) is 0.461. The number of ether oxygens (including phenoxy) is 1. The molecule has 1 aromatic rings. The van der Waals surface area contributed by atoms with Crippen LogP contribution in [0.1, 0.15) is 19.4 Å². The number of hydrogen-bond donors (Lipinski definition) is 1. The molecule has 0 bridgehead atoms. The average molecular weight is 266 g/mol. The lowest BCUT2D eigenvalue weighted by Crippen LogP contribution is -2.36. The summed E-state index contributed by atoms with van der Waals surface area (Å²) in [6.07, 6.45) is 0.487. The molecule has 0 radical (unpaired) electrons. The Bertz CT molecular complexity index is 448. The number of hydrogen-bond acceptors (Lipinski definition) is 5. The Morgan fingerprint density at radius 3 is 2.79 bits per heavy atom. The Morgan fingerprint density at radius 2 is 2.16 bits per heavy atom. The minimum atomic E-state index is -0.414. The summed E-state index contributed by atoms with van der Waals surface area (Å²) < 4.78 is 4.86. The number of carbonyl (C=O) groups excluding carboxylic acids is 1. The monoisotopic (exact) mass is 266 g/mol. The van der Waals surface area contributed by atoms with E-state index >= 15 is 0 Å². The average Bonchev–Trinajstić information content (AvgIpc) is 2.39. The van der Waals surface area contributed by atoms with Gasteiger partial charge >= 0.3 is 5.97 Å². The van der Waals surface area contributed by atoms with Crippen LogP contribution in [0.15, 0.2) is 24.3 Å². The van der Waals surface area contributed by atoms with Crippen molar-refractivity contribution in [1.29, 1.82) is 0 Å². The largest absolute Gasteiger partial charge is 0.465 e. The Balaban J connectivity index is 2.49. The van der Waals surface area contributed by atoms with Crippen molar-refractivity contribution in [2.45, 2.75) is 26.3 Å².